The molecule has 0 N–H and O–H groups in total. The molecule has 0 radical (unpaired) electrons. The lowest BCUT2D eigenvalue weighted by atomic mass is 10.1. The molecule has 0 amide bonds. The molecular formula is C16H20N2O. The van der Waals surface area contributed by atoms with Gasteiger partial charge in [-0.05, 0) is 25.2 Å². The molecule has 1 aromatic carbocycles. The summed E-state index contributed by atoms with van der Waals surface area (Å²) in [5.74, 6) is 0.194. The van der Waals surface area contributed by atoms with Crippen LogP contribution in [0.1, 0.15) is 30.6 Å². The van der Waals surface area contributed by atoms with Gasteiger partial charge in [-0.1, -0.05) is 32.0 Å². The number of hydrogen-bond donors (Lipinski definition) is 0. The molecule has 3 nitrogen and oxygen atoms in total. The molecule has 1 aromatic heterocycles. The fourth-order valence-corrected chi connectivity index (χ4v) is 2.18. The van der Waals surface area contributed by atoms with Crippen LogP contribution >= 0.6 is 0 Å². The van der Waals surface area contributed by atoms with E-state index in [4.69, 9.17) is 0 Å². The van der Waals surface area contributed by atoms with E-state index in [0.29, 0.717) is 6.42 Å². The smallest absolute Gasteiger partial charge is 0.164 e. The van der Waals surface area contributed by atoms with E-state index in [0.717, 1.165) is 36.1 Å². The van der Waals surface area contributed by atoms with Gasteiger partial charge in [-0.2, -0.15) is 0 Å². The Morgan fingerprint density at radius 1 is 1.21 bits per heavy atom. The van der Waals surface area contributed by atoms with Crippen LogP contribution in [0.15, 0.2) is 36.5 Å². The van der Waals surface area contributed by atoms with E-state index in [2.05, 4.69) is 23.7 Å². The molecule has 0 spiro atoms. The maximum Gasteiger partial charge on any atom is 0.164 e. The summed E-state index contributed by atoms with van der Waals surface area (Å²) >= 11 is 0. The van der Waals surface area contributed by atoms with Crippen molar-refractivity contribution in [2.75, 3.05) is 19.6 Å². The van der Waals surface area contributed by atoms with Crippen LogP contribution in [0.2, 0.25) is 0 Å². The van der Waals surface area contributed by atoms with Crippen molar-refractivity contribution in [1.29, 1.82) is 0 Å². The molecule has 0 saturated heterocycles. The minimum Gasteiger partial charge on any atom is -0.303 e. The van der Waals surface area contributed by atoms with Crippen molar-refractivity contribution in [3.8, 4) is 0 Å². The number of pyridine rings is 1. The van der Waals surface area contributed by atoms with Gasteiger partial charge >= 0.3 is 0 Å². The first-order valence-corrected chi connectivity index (χ1v) is 6.85. The largest absolute Gasteiger partial charge is 0.303 e. The lowest BCUT2D eigenvalue weighted by Gasteiger charge is -2.17. The van der Waals surface area contributed by atoms with Crippen LogP contribution in [0.3, 0.4) is 0 Å². The minimum atomic E-state index is 0.194. The van der Waals surface area contributed by atoms with Crippen LogP contribution in [0.5, 0.6) is 0 Å². The van der Waals surface area contributed by atoms with Crippen molar-refractivity contribution in [1.82, 2.24) is 9.88 Å². The molecule has 2 aromatic rings. The third-order valence-corrected chi connectivity index (χ3v) is 3.48. The zero-order chi connectivity index (χ0) is 13.7. The molecule has 0 fully saturated rings. The number of ketones is 1. The second-order valence-electron chi connectivity index (χ2n) is 4.61. The molecule has 2 rings (SSSR count). The van der Waals surface area contributed by atoms with Crippen LogP contribution in [0, 0.1) is 0 Å². The highest BCUT2D eigenvalue weighted by Crippen LogP contribution is 2.14. The maximum atomic E-state index is 12.2. The first-order valence-electron chi connectivity index (χ1n) is 6.85. The summed E-state index contributed by atoms with van der Waals surface area (Å²) in [6, 6.07) is 9.66. The van der Waals surface area contributed by atoms with Crippen molar-refractivity contribution in [2.45, 2.75) is 20.3 Å². The van der Waals surface area contributed by atoms with E-state index >= 15 is 0 Å². The number of carbonyl (C=O) groups excluding carboxylic acids is 1. The Labute approximate surface area is 114 Å². The molecule has 0 saturated carbocycles. The molecule has 0 bridgehead atoms. The molecule has 0 aliphatic rings. The quantitative estimate of drug-likeness (QED) is 0.744. The number of aromatic nitrogens is 1. The minimum absolute atomic E-state index is 0.194. The predicted molar refractivity (Wildman–Crippen MR) is 78.5 cm³/mol. The topological polar surface area (TPSA) is 33.2 Å². The third kappa shape index (κ3) is 3.38. The number of Topliss-reactive ketones (excluding diaryl/α,β-unsaturated/α-hetero) is 1. The van der Waals surface area contributed by atoms with Crippen LogP contribution in [-0.2, 0) is 0 Å². The van der Waals surface area contributed by atoms with Gasteiger partial charge < -0.3 is 4.90 Å². The van der Waals surface area contributed by atoms with E-state index in [1.165, 1.54) is 0 Å². The van der Waals surface area contributed by atoms with Gasteiger partial charge in [0.05, 0.1) is 5.52 Å². The monoisotopic (exact) mass is 256 g/mol. The van der Waals surface area contributed by atoms with E-state index in [1.807, 2.05) is 30.3 Å². The average Bonchev–Trinajstić information content (AvgIpc) is 2.47. The zero-order valence-corrected chi connectivity index (χ0v) is 11.6. The number of fused-ring (bicyclic) bond motifs is 1. The van der Waals surface area contributed by atoms with Gasteiger partial charge in [-0.25, -0.2) is 0 Å². The highest BCUT2D eigenvalue weighted by Gasteiger charge is 2.09. The second-order valence-corrected chi connectivity index (χ2v) is 4.61. The van der Waals surface area contributed by atoms with E-state index in [-0.39, 0.29) is 5.78 Å². The fourth-order valence-electron chi connectivity index (χ4n) is 2.18. The van der Waals surface area contributed by atoms with E-state index in [9.17, 15) is 4.79 Å². The van der Waals surface area contributed by atoms with Gasteiger partial charge in [-0.15, -0.1) is 0 Å². The zero-order valence-electron chi connectivity index (χ0n) is 11.6. The lowest BCUT2D eigenvalue weighted by molar-refractivity contribution is 0.0966. The van der Waals surface area contributed by atoms with Gasteiger partial charge in [0, 0.05) is 30.1 Å². The summed E-state index contributed by atoms with van der Waals surface area (Å²) in [6.45, 7) is 7.04. The molecule has 0 aliphatic carbocycles. The molecule has 100 valence electrons. The summed E-state index contributed by atoms with van der Waals surface area (Å²) in [5, 5.41) is 1.07. The normalized spacial score (nSPS) is 11.1. The van der Waals surface area contributed by atoms with Crippen molar-refractivity contribution < 1.29 is 4.79 Å². The average molecular weight is 256 g/mol. The van der Waals surface area contributed by atoms with Crippen molar-refractivity contribution >= 4 is 16.7 Å². The number of nitrogens with zero attached hydrogens (tertiary/aromatic N) is 2. The molecular weight excluding hydrogens is 236 g/mol. The summed E-state index contributed by atoms with van der Waals surface area (Å²) < 4.78 is 0. The van der Waals surface area contributed by atoms with Crippen LogP contribution in [0.4, 0.5) is 0 Å². The Morgan fingerprint density at radius 3 is 2.74 bits per heavy atom. The summed E-state index contributed by atoms with van der Waals surface area (Å²) in [7, 11) is 0. The van der Waals surface area contributed by atoms with E-state index in [1.54, 1.807) is 6.20 Å². The van der Waals surface area contributed by atoms with Gasteiger partial charge in [0.2, 0.25) is 0 Å². The second kappa shape index (κ2) is 6.43. The Balaban J connectivity index is 2.09. The lowest BCUT2D eigenvalue weighted by Crippen LogP contribution is -2.25. The van der Waals surface area contributed by atoms with Crippen LogP contribution in [0.25, 0.3) is 10.9 Å². The molecule has 19 heavy (non-hydrogen) atoms. The maximum absolute atomic E-state index is 12.2. The standard InChI is InChI=1S/C16H20N2O/c1-3-18(4-2)11-9-16(19)14-8-7-13-6-5-10-17-15(13)12-14/h5-8,10,12H,3-4,9,11H2,1-2H3. The Hall–Kier alpha value is -1.74. The highest BCUT2D eigenvalue weighted by molar-refractivity contribution is 5.99. The van der Waals surface area contributed by atoms with Crippen molar-refractivity contribution in [3.05, 3.63) is 42.1 Å². The summed E-state index contributed by atoms with van der Waals surface area (Å²) in [5.41, 5.74) is 1.65. The van der Waals surface area contributed by atoms with Crippen LogP contribution in [-0.4, -0.2) is 35.3 Å². The Kier molecular flexibility index (Phi) is 4.63. The molecule has 0 aliphatic heterocycles. The predicted octanol–water partition coefficient (Wildman–Crippen LogP) is 3.15. The number of carbonyl (C=O) groups is 1. The van der Waals surface area contributed by atoms with Gasteiger partial charge in [0.25, 0.3) is 0 Å². The molecule has 1 heterocycles. The van der Waals surface area contributed by atoms with Crippen molar-refractivity contribution in [3.63, 3.8) is 0 Å². The number of benzene rings is 1. The summed E-state index contributed by atoms with van der Waals surface area (Å²) in [6.07, 6.45) is 2.33. The fraction of sp³-hybridized carbons (Fsp3) is 0.375. The first-order chi connectivity index (χ1) is 9.24. The molecule has 3 heteroatoms. The number of rotatable bonds is 6. The van der Waals surface area contributed by atoms with Gasteiger partial charge in [-0.3, -0.25) is 9.78 Å². The SMILES string of the molecule is CCN(CC)CCC(=O)c1ccc2cccnc2c1. The van der Waals surface area contributed by atoms with Gasteiger partial charge in [0.1, 0.15) is 0 Å². The first kappa shape index (κ1) is 13.7. The third-order valence-electron chi connectivity index (χ3n) is 3.48. The van der Waals surface area contributed by atoms with E-state index < -0.39 is 0 Å². The Morgan fingerprint density at radius 2 is 2.00 bits per heavy atom. The summed E-state index contributed by atoms with van der Waals surface area (Å²) in [4.78, 5) is 18.7. The van der Waals surface area contributed by atoms with Gasteiger partial charge in [0.15, 0.2) is 5.78 Å². The highest BCUT2D eigenvalue weighted by atomic mass is 16.1. The van der Waals surface area contributed by atoms with Crippen molar-refractivity contribution in [2.24, 2.45) is 0 Å². The molecule has 0 unspecified atom stereocenters. The molecule has 0 atom stereocenters. The number of hydrogen-bond acceptors (Lipinski definition) is 3. The van der Waals surface area contributed by atoms with Crippen LogP contribution < -0.4 is 0 Å². The Bertz CT molecular complexity index is 561.